The molecule has 0 saturated carbocycles. The third-order valence-electron chi connectivity index (χ3n) is 4.20. The summed E-state index contributed by atoms with van der Waals surface area (Å²) in [6.45, 7) is 6.93. The van der Waals surface area contributed by atoms with Crippen molar-refractivity contribution < 1.29 is 25.8 Å². The van der Waals surface area contributed by atoms with Gasteiger partial charge in [0.1, 0.15) is 0 Å². The van der Waals surface area contributed by atoms with Crippen LogP contribution in [0.1, 0.15) is 30.5 Å². The molecule has 0 nitrogen and oxygen atoms in total. The Hall–Kier alpha value is -0.950. The summed E-state index contributed by atoms with van der Waals surface area (Å²) in [4.78, 5) is 0. The molecule has 3 aromatic carbocycles. The van der Waals surface area contributed by atoms with Gasteiger partial charge in [-0.15, -0.1) is 28.5 Å². The van der Waals surface area contributed by atoms with Crippen LogP contribution in [0.15, 0.2) is 54.6 Å². The molecule has 0 aromatic heterocycles. The first-order valence-electron chi connectivity index (χ1n) is 7.40. The van der Waals surface area contributed by atoms with Crippen LogP contribution in [0.2, 0.25) is 0 Å². The van der Waals surface area contributed by atoms with Crippen LogP contribution < -0.4 is 0 Å². The van der Waals surface area contributed by atoms with E-state index in [0.29, 0.717) is 5.41 Å². The summed E-state index contributed by atoms with van der Waals surface area (Å²) < 4.78 is 0. The number of hydrogen-bond donors (Lipinski definition) is 0. The molecule has 1 aliphatic rings. The molecule has 0 atom stereocenters. The van der Waals surface area contributed by atoms with Crippen molar-refractivity contribution in [2.24, 2.45) is 5.41 Å². The summed E-state index contributed by atoms with van der Waals surface area (Å²) in [6, 6.07) is 19.3. The molecule has 1 aliphatic carbocycles. The quantitative estimate of drug-likeness (QED) is 0.226. The Bertz CT molecular complexity index is 682. The van der Waals surface area contributed by atoms with Gasteiger partial charge in [0.2, 0.25) is 0 Å². The molecular formula is C24H34Hf-6. The van der Waals surface area contributed by atoms with E-state index in [1.807, 2.05) is 30.3 Å². The van der Waals surface area contributed by atoms with Crippen molar-refractivity contribution in [3.05, 3.63) is 101 Å². The van der Waals surface area contributed by atoms with Crippen molar-refractivity contribution in [3.63, 3.8) is 0 Å². The van der Waals surface area contributed by atoms with E-state index < -0.39 is 0 Å². The fourth-order valence-corrected chi connectivity index (χ4v) is 3.24. The number of benzene rings is 1. The molecule has 1 heteroatoms. The zero-order valence-electron chi connectivity index (χ0n) is 17.1. The molecule has 0 aliphatic heterocycles. The summed E-state index contributed by atoms with van der Waals surface area (Å²) in [7, 11) is 0. The van der Waals surface area contributed by atoms with Crippen LogP contribution in [0.5, 0.6) is 0 Å². The Morgan fingerprint density at radius 3 is 1.92 bits per heavy atom. The molecule has 0 saturated heterocycles. The number of aryl methyl sites for hydroxylation is 1. The van der Waals surface area contributed by atoms with E-state index in [-0.39, 0.29) is 55.5 Å². The van der Waals surface area contributed by atoms with Gasteiger partial charge in [0.25, 0.3) is 0 Å². The molecule has 0 radical (unpaired) electrons. The van der Waals surface area contributed by atoms with Gasteiger partial charge in [0.05, 0.1) is 0 Å². The van der Waals surface area contributed by atoms with Crippen molar-refractivity contribution in [1.29, 1.82) is 0 Å². The summed E-state index contributed by atoms with van der Waals surface area (Å²) >= 11 is 0. The van der Waals surface area contributed by atoms with Crippen molar-refractivity contribution in [2.75, 3.05) is 0 Å². The van der Waals surface area contributed by atoms with Crippen molar-refractivity contribution in [3.8, 4) is 0 Å². The van der Waals surface area contributed by atoms with Crippen molar-refractivity contribution in [2.45, 2.75) is 33.6 Å². The first-order chi connectivity index (χ1) is 9.55. The van der Waals surface area contributed by atoms with E-state index in [4.69, 9.17) is 0 Å². The van der Waals surface area contributed by atoms with Gasteiger partial charge in [-0.2, -0.15) is 30.3 Å². The first kappa shape index (κ1) is 28.8. The zero-order chi connectivity index (χ0) is 14.2. The maximum atomic E-state index is 2.41. The van der Waals surface area contributed by atoms with Crippen LogP contribution >= 0.6 is 0 Å². The maximum Gasteiger partial charge on any atom is 0 e. The summed E-state index contributed by atoms with van der Waals surface area (Å²) in [5, 5.41) is 2.87. The fourth-order valence-electron chi connectivity index (χ4n) is 3.24. The summed E-state index contributed by atoms with van der Waals surface area (Å²) in [6.07, 6.45) is 2.48. The van der Waals surface area contributed by atoms with Crippen LogP contribution in [-0.2, 0) is 38.7 Å². The number of fused-ring (bicyclic) bond motifs is 2. The van der Waals surface area contributed by atoms with E-state index in [9.17, 15) is 0 Å². The predicted molar refractivity (Wildman–Crippen MR) is 113 cm³/mol. The van der Waals surface area contributed by atoms with Crippen molar-refractivity contribution >= 4 is 10.8 Å². The van der Waals surface area contributed by atoms with Gasteiger partial charge in [0.15, 0.2) is 0 Å². The van der Waals surface area contributed by atoms with Gasteiger partial charge in [-0.05, 0) is 18.3 Å². The second-order valence-corrected chi connectivity index (χ2v) is 6.70. The van der Waals surface area contributed by atoms with E-state index in [2.05, 4.69) is 45.0 Å². The smallest absolute Gasteiger partial charge is 0 e. The predicted octanol–water partition coefficient (Wildman–Crippen LogP) is 7.20. The van der Waals surface area contributed by atoms with E-state index in [1.165, 1.54) is 29.2 Å². The molecule has 0 N–H and O–H groups in total. The van der Waals surface area contributed by atoms with Gasteiger partial charge < -0.3 is 29.7 Å². The molecular weight excluding hydrogens is 467 g/mol. The molecule has 3 aromatic rings. The minimum Gasteiger partial charge on any atom is -0.358 e. The molecule has 0 amide bonds. The fraction of sp³-hybridized carbons (Fsp3) is 0.250. The average molecular weight is 501 g/mol. The molecule has 0 fully saturated rings. The standard InChI is InChI=1S/C15H17.C5H5.4CH3.Hf/c1-10-4-5-11-6-12-8-15(2,3)9-13(12)7-14(10)11;1-2-4-5-3-1;;;;;/h4-7H,8-9H2,1-3H3;1-5H;4*1H3;/q6*-1;. The van der Waals surface area contributed by atoms with Crippen LogP contribution in [0, 0.1) is 42.0 Å². The van der Waals surface area contributed by atoms with E-state index in [0.717, 1.165) is 0 Å². The second kappa shape index (κ2) is 11.6. The topological polar surface area (TPSA) is 0 Å². The third kappa shape index (κ3) is 6.70. The molecule has 140 valence electrons. The Morgan fingerprint density at radius 1 is 0.920 bits per heavy atom. The molecule has 0 unspecified atom stereocenters. The Kier molecular flexibility index (Phi) is 13.4. The Balaban J connectivity index is -0.000000429. The molecule has 0 spiro atoms. The maximum absolute atomic E-state index is 2.41. The van der Waals surface area contributed by atoms with E-state index >= 15 is 0 Å². The number of rotatable bonds is 0. The number of hydrogen-bond acceptors (Lipinski definition) is 0. The molecule has 0 heterocycles. The minimum atomic E-state index is 0. The largest absolute Gasteiger partial charge is 0.358 e. The first-order valence-corrected chi connectivity index (χ1v) is 7.40. The van der Waals surface area contributed by atoms with Gasteiger partial charge in [0, 0.05) is 25.8 Å². The van der Waals surface area contributed by atoms with Gasteiger partial charge in [-0.25, -0.2) is 12.1 Å². The van der Waals surface area contributed by atoms with E-state index in [1.54, 1.807) is 11.1 Å². The Labute approximate surface area is 176 Å². The monoisotopic (exact) mass is 502 g/mol. The van der Waals surface area contributed by atoms with Crippen LogP contribution in [0.4, 0.5) is 0 Å². The van der Waals surface area contributed by atoms with Gasteiger partial charge in [-0.3, -0.25) is 0 Å². The van der Waals surface area contributed by atoms with Gasteiger partial charge >= 0.3 is 0 Å². The molecule has 4 rings (SSSR count). The minimum absolute atomic E-state index is 0. The molecule has 25 heavy (non-hydrogen) atoms. The van der Waals surface area contributed by atoms with Crippen LogP contribution in [0.3, 0.4) is 0 Å². The molecule has 0 bridgehead atoms. The van der Waals surface area contributed by atoms with Crippen LogP contribution in [0.25, 0.3) is 10.8 Å². The SMILES string of the molecule is C[c-]1ccc2cc3c(cc21)CC(C)(C)C3.[CH3-].[CH3-].[CH3-].[CH3-].[Hf].c1cc[cH-]c1. The Morgan fingerprint density at radius 2 is 1.44 bits per heavy atom. The van der Waals surface area contributed by atoms with Gasteiger partial charge in [-0.1, -0.05) is 31.9 Å². The normalized spacial score (nSPS) is 12.6. The summed E-state index contributed by atoms with van der Waals surface area (Å²) in [5.74, 6) is 0. The zero-order valence-corrected chi connectivity index (χ0v) is 20.7. The van der Waals surface area contributed by atoms with Crippen molar-refractivity contribution in [1.82, 2.24) is 0 Å². The third-order valence-corrected chi connectivity index (χ3v) is 4.20. The second-order valence-electron chi connectivity index (χ2n) is 6.70. The summed E-state index contributed by atoms with van der Waals surface area (Å²) in [5.41, 5.74) is 5.02. The average Bonchev–Trinajstić information content (AvgIpc) is 3.08. The van der Waals surface area contributed by atoms with Crippen LogP contribution in [-0.4, -0.2) is 0 Å².